The van der Waals surface area contributed by atoms with Crippen molar-refractivity contribution in [2.75, 3.05) is 13.1 Å². The quantitative estimate of drug-likeness (QED) is 0.785. The summed E-state index contributed by atoms with van der Waals surface area (Å²) in [4.78, 5) is 12.9. The van der Waals surface area contributed by atoms with Gasteiger partial charge in [-0.25, -0.2) is 0 Å². The van der Waals surface area contributed by atoms with Crippen molar-refractivity contribution in [3.63, 3.8) is 0 Å². The molecule has 3 heteroatoms. The molecule has 0 amide bonds. The van der Waals surface area contributed by atoms with E-state index in [-0.39, 0.29) is 6.42 Å². The summed E-state index contributed by atoms with van der Waals surface area (Å²) in [5, 5.41) is 8.71. The second kappa shape index (κ2) is 5.67. The van der Waals surface area contributed by atoms with Crippen LogP contribution in [0.5, 0.6) is 0 Å². The van der Waals surface area contributed by atoms with Crippen LogP contribution in [0.3, 0.4) is 0 Å². The van der Waals surface area contributed by atoms with Gasteiger partial charge in [-0.1, -0.05) is 20.8 Å². The van der Waals surface area contributed by atoms with E-state index in [9.17, 15) is 4.79 Å². The summed E-state index contributed by atoms with van der Waals surface area (Å²) in [5.41, 5.74) is 0.489. The lowest BCUT2D eigenvalue weighted by Crippen LogP contribution is -2.40. The Kier molecular flexibility index (Phi) is 4.78. The van der Waals surface area contributed by atoms with Crippen molar-refractivity contribution in [2.24, 2.45) is 5.41 Å². The highest BCUT2D eigenvalue weighted by Crippen LogP contribution is 2.36. The molecular formula is C13H25NO2. The lowest BCUT2D eigenvalue weighted by atomic mass is 9.75. The Labute approximate surface area is 98.8 Å². The molecule has 0 unspecified atom stereocenters. The predicted octanol–water partition coefficient (Wildman–Crippen LogP) is 2.75. The van der Waals surface area contributed by atoms with Crippen molar-refractivity contribution in [1.29, 1.82) is 0 Å². The van der Waals surface area contributed by atoms with Gasteiger partial charge in [0.2, 0.25) is 0 Å². The van der Waals surface area contributed by atoms with Crippen LogP contribution in [-0.2, 0) is 4.79 Å². The van der Waals surface area contributed by atoms with Crippen LogP contribution in [-0.4, -0.2) is 35.1 Å². The molecule has 1 aliphatic carbocycles. The zero-order valence-corrected chi connectivity index (χ0v) is 10.8. The first-order valence-corrected chi connectivity index (χ1v) is 6.40. The molecule has 0 aromatic carbocycles. The Hall–Kier alpha value is -0.570. The third-order valence-electron chi connectivity index (χ3n) is 3.84. The molecule has 3 nitrogen and oxygen atoms in total. The molecule has 0 bridgehead atoms. The van der Waals surface area contributed by atoms with E-state index in [0.29, 0.717) is 18.0 Å². The first kappa shape index (κ1) is 13.5. The van der Waals surface area contributed by atoms with E-state index in [0.717, 1.165) is 6.54 Å². The highest BCUT2D eigenvalue weighted by molar-refractivity contribution is 5.66. The minimum atomic E-state index is -0.686. The van der Waals surface area contributed by atoms with Crippen LogP contribution in [0, 0.1) is 5.41 Å². The van der Waals surface area contributed by atoms with Gasteiger partial charge in [0.25, 0.3) is 0 Å². The Bertz CT molecular complexity index is 228. The topological polar surface area (TPSA) is 40.5 Å². The van der Waals surface area contributed by atoms with Crippen molar-refractivity contribution in [2.45, 2.75) is 58.9 Å². The number of nitrogens with zero attached hydrogens (tertiary/aromatic N) is 1. The normalized spacial score (nSPS) is 21.2. The van der Waals surface area contributed by atoms with E-state index in [2.05, 4.69) is 25.7 Å². The lowest BCUT2D eigenvalue weighted by molar-refractivity contribution is -0.137. The fourth-order valence-corrected chi connectivity index (χ4v) is 2.59. The molecule has 1 saturated carbocycles. The van der Waals surface area contributed by atoms with E-state index in [4.69, 9.17) is 5.11 Å². The molecule has 1 rings (SSSR count). The molecule has 0 heterocycles. The zero-order chi connectivity index (χ0) is 12.2. The first-order valence-electron chi connectivity index (χ1n) is 6.40. The highest BCUT2D eigenvalue weighted by atomic mass is 16.4. The molecule has 94 valence electrons. The third-order valence-corrected chi connectivity index (χ3v) is 3.84. The van der Waals surface area contributed by atoms with Crippen LogP contribution in [0.1, 0.15) is 52.9 Å². The van der Waals surface area contributed by atoms with Gasteiger partial charge in [0.15, 0.2) is 0 Å². The average molecular weight is 227 g/mol. The number of carboxylic acid groups (broad SMARTS) is 1. The minimum absolute atomic E-state index is 0.272. The second-order valence-electron chi connectivity index (χ2n) is 5.67. The van der Waals surface area contributed by atoms with Crippen molar-refractivity contribution in [1.82, 2.24) is 4.90 Å². The van der Waals surface area contributed by atoms with Gasteiger partial charge in [-0.15, -0.1) is 0 Å². The van der Waals surface area contributed by atoms with Crippen LogP contribution < -0.4 is 0 Å². The molecular weight excluding hydrogens is 202 g/mol. The summed E-state index contributed by atoms with van der Waals surface area (Å²) in [7, 11) is 0. The molecule has 1 fully saturated rings. The third kappa shape index (κ3) is 4.12. The van der Waals surface area contributed by atoms with Crippen LogP contribution in [0.4, 0.5) is 0 Å². The molecule has 0 radical (unpaired) electrons. The summed E-state index contributed by atoms with van der Waals surface area (Å²) in [6, 6.07) is 0.609. The maximum atomic E-state index is 10.6. The fourth-order valence-electron chi connectivity index (χ4n) is 2.59. The Morgan fingerprint density at radius 1 is 1.38 bits per heavy atom. The predicted molar refractivity (Wildman–Crippen MR) is 65.5 cm³/mol. The van der Waals surface area contributed by atoms with E-state index in [1.165, 1.54) is 25.7 Å². The molecule has 0 spiro atoms. The van der Waals surface area contributed by atoms with Crippen LogP contribution >= 0.6 is 0 Å². The summed E-state index contributed by atoms with van der Waals surface area (Å²) in [6.45, 7) is 8.46. The lowest BCUT2D eigenvalue weighted by Gasteiger charge is -2.39. The molecule has 0 aromatic heterocycles. The molecule has 1 N–H and O–H groups in total. The maximum Gasteiger partial charge on any atom is 0.304 e. The summed E-state index contributed by atoms with van der Waals surface area (Å²) in [5.74, 6) is -0.686. The van der Waals surface area contributed by atoms with Gasteiger partial charge in [-0.05, 0) is 37.6 Å². The SMILES string of the molecule is CCN(CCC(=O)O)C1CCC(C)(C)CC1. The number of carboxylic acids is 1. The molecule has 16 heavy (non-hydrogen) atoms. The van der Waals surface area contributed by atoms with Crippen molar-refractivity contribution in [3.05, 3.63) is 0 Å². The van der Waals surface area contributed by atoms with E-state index in [1.807, 2.05) is 0 Å². The van der Waals surface area contributed by atoms with Crippen LogP contribution in [0.2, 0.25) is 0 Å². The van der Waals surface area contributed by atoms with Gasteiger partial charge in [0.05, 0.1) is 6.42 Å². The van der Waals surface area contributed by atoms with Crippen molar-refractivity contribution >= 4 is 5.97 Å². The molecule has 0 aliphatic heterocycles. The number of carbonyl (C=O) groups is 1. The highest BCUT2D eigenvalue weighted by Gasteiger charge is 2.29. The van der Waals surface area contributed by atoms with Gasteiger partial charge in [0, 0.05) is 12.6 Å². The summed E-state index contributed by atoms with van der Waals surface area (Å²) in [6.07, 6.45) is 5.25. The number of hydrogen-bond acceptors (Lipinski definition) is 2. The van der Waals surface area contributed by atoms with Crippen molar-refractivity contribution < 1.29 is 9.90 Å². The largest absolute Gasteiger partial charge is 0.481 e. The Morgan fingerprint density at radius 3 is 2.38 bits per heavy atom. The smallest absolute Gasteiger partial charge is 0.304 e. The first-order chi connectivity index (χ1) is 7.44. The standard InChI is InChI=1S/C13H25NO2/c1-4-14(10-7-12(15)16)11-5-8-13(2,3)9-6-11/h11H,4-10H2,1-3H3,(H,15,16). The van der Waals surface area contributed by atoms with Gasteiger partial charge in [-0.2, -0.15) is 0 Å². The minimum Gasteiger partial charge on any atom is -0.481 e. The second-order valence-corrected chi connectivity index (χ2v) is 5.67. The summed E-state index contributed by atoms with van der Waals surface area (Å²) < 4.78 is 0. The Balaban J connectivity index is 2.39. The van der Waals surface area contributed by atoms with Crippen molar-refractivity contribution in [3.8, 4) is 0 Å². The Morgan fingerprint density at radius 2 is 1.94 bits per heavy atom. The van der Waals surface area contributed by atoms with Crippen LogP contribution in [0.25, 0.3) is 0 Å². The number of hydrogen-bond donors (Lipinski definition) is 1. The maximum absolute atomic E-state index is 10.6. The molecule has 0 saturated heterocycles. The van der Waals surface area contributed by atoms with E-state index in [1.54, 1.807) is 0 Å². The summed E-state index contributed by atoms with van der Waals surface area (Å²) >= 11 is 0. The molecule has 0 aromatic rings. The number of rotatable bonds is 5. The molecule has 0 atom stereocenters. The average Bonchev–Trinajstić information content (AvgIpc) is 2.20. The fraction of sp³-hybridized carbons (Fsp3) is 0.923. The van der Waals surface area contributed by atoms with E-state index < -0.39 is 5.97 Å². The van der Waals surface area contributed by atoms with Gasteiger partial charge < -0.3 is 10.0 Å². The number of aliphatic carboxylic acids is 1. The van der Waals surface area contributed by atoms with E-state index >= 15 is 0 Å². The van der Waals surface area contributed by atoms with Gasteiger partial charge >= 0.3 is 5.97 Å². The zero-order valence-electron chi connectivity index (χ0n) is 10.8. The van der Waals surface area contributed by atoms with Gasteiger partial charge in [0.1, 0.15) is 0 Å². The van der Waals surface area contributed by atoms with Crippen LogP contribution in [0.15, 0.2) is 0 Å². The van der Waals surface area contributed by atoms with Gasteiger partial charge in [-0.3, -0.25) is 4.79 Å². The monoisotopic (exact) mass is 227 g/mol. The molecule has 1 aliphatic rings.